The van der Waals surface area contributed by atoms with E-state index >= 15 is 0 Å². The van der Waals surface area contributed by atoms with Crippen LogP contribution in [-0.4, -0.2) is 16.1 Å². The normalized spacial score (nSPS) is 10.4. The summed E-state index contributed by atoms with van der Waals surface area (Å²) in [4.78, 5) is 24.8. The van der Waals surface area contributed by atoms with Crippen molar-refractivity contribution in [3.63, 3.8) is 0 Å². The van der Waals surface area contributed by atoms with Crippen molar-refractivity contribution in [3.05, 3.63) is 40.2 Å². The molecule has 15 heavy (non-hydrogen) atoms. The van der Waals surface area contributed by atoms with Crippen LogP contribution in [0.5, 0.6) is 0 Å². The summed E-state index contributed by atoms with van der Waals surface area (Å²) in [6.45, 7) is 0. The molecule has 0 aliphatic rings. The molecular formula is C10H8N2O3. The smallest absolute Gasteiger partial charge is 0.352 e. The molecule has 2 aromatic rings. The highest BCUT2D eigenvalue weighted by atomic mass is 16.4. The van der Waals surface area contributed by atoms with E-state index in [1.807, 2.05) is 0 Å². The number of pyridine rings is 1. The topological polar surface area (TPSA) is 96.2 Å². The number of H-pyrrole nitrogens is 1. The molecule has 1 aromatic carbocycles. The number of benzene rings is 1. The molecule has 5 nitrogen and oxygen atoms in total. The number of rotatable bonds is 1. The average molecular weight is 204 g/mol. The number of anilines is 1. The zero-order chi connectivity index (χ0) is 11.0. The fourth-order valence-electron chi connectivity index (χ4n) is 1.41. The molecule has 1 aromatic heterocycles. The van der Waals surface area contributed by atoms with Crippen molar-refractivity contribution in [2.75, 3.05) is 5.73 Å². The maximum atomic E-state index is 11.5. The first-order valence-electron chi connectivity index (χ1n) is 4.24. The highest BCUT2D eigenvalue weighted by molar-refractivity contribution is 5.93. The Hall–Kier alpha value is -2.30. The van der Waals surface area contributed by atoms with Crippen LogP contribution >= 0.6 is 0 Å². The van der Waals surface area contributed by atoms with Crippen LogP contribution in [0.25, 0.3) is 10.9 Å². The Labute approximate surface area is 84.2 Å². The van der Waals surface area contributed by atoms with Crippen molar-refractivity contribution in [3.8, 4) is 0 Å². The minimum atomic E-state index is -1.18. The fraction of sp³-hybridized carbons (Fsp3) is 0. The second kappa shape index (κ2) is 3.13. The van der Waals surface area contributed by atoms with Gasteiger partial charge in [0.2, 0.25) is 0 Å². The summed E-state index contributed by atoms with van der Waals surface area (Å²) in [5, 5.41) is 9.14. The Balaban J connectivity index is 2.92. The van der Waals surface area contributed by atoms with Gasteiger partial charge in [0.15, 0.2) is 5.43 Å². The van der Waals surface area contributed by atoms with Gasteiger partial charge in [-0.2, -0.15) is 0 Å². The number of carbonyl (C=O) groups is 1. The third-order valence-electron chi connectivity index (χ3n) is 2.13. The summed E-state index contributed by atoms with van der Waals surface area (Å²) >= 11 is 0. The van der Waals surface area contributed by atoms with Gasteiger partial charge in [-0.05, 0) is 12.1 Å². The zero-order valence-corrected chi connectivity index (χ0v) is 7.65. The first kappa shape index (κ1) is 9.26. The van der Waals surface area contributed by atoms with Crippen molar-refractivity contribution in [2.45, 2.75) is 0 Å². The number of aromatic amines is 1. The number of nitrogens with two attached hydrogens (primary N) is 1. The summed E-state index contributed by atoms with van der Waals surface area (Å²) in [6.07, 6.45) is 0. The van der Waals surface area contributed by atoms with Crippen LogP contribution in [0.2, 0.25) is 0 Å². The molecule has 0 saturated carbocycles. The van der Waals surface area contributed by atoms with Gasteiger partial charge in [-0.3, -0.25) is 4.79 Å². The molecule has 0 unspecified atom stereocenters. The predicted octanol–water partition coefficient (Wildman–Crippen LogP) is 0.808. The Morgan fingerprint density at radius 3 is 2.80 bits per heavy atom. The van der Waals surface area contributed by atoms with Crippen LogP contribution in [0, 0.1) is 0 Å². The molecule has 0 aliphatic carbocycles. The molecule has 2 rings (SSSR count). The second-order valence-corrected chi connectivity index (χ2v) is 3.12. The van der Waals surface area contributed by atoms with Gasteiger partial charge in [0.1, 0.15) is 5.69 Å². The van der Waals surface area contributed by atoms with E-state index in [0.29, 0.717) is 16.6 Å². The zero-order valence-electron chi connectivity index (χ0n) is 7.65. The standard InChI is InChI=1S/C10H8N2O3/c11-6-3-1-2-5-8(13)4-7(10(14)15)12-9(5)6/h1-4H,11H2,(H,12,13)(H,14,15). The molecule has 76 valence electrons. The average Bonchev–Trinajstić information content (AvgIpc) is 2.19. The third-order valence-corrected chi connectivity index (χ3v) is 2.13. The maximum Gasteiger partial charge on any atom is 0.352 e. The van der Waals surface area contributed by atoms with Gasteiger partial charge < -0.3 is 15.8 Å². The summed E-state index contributed by atoms with van der Waals surface area (Å²) in [6, 6.07) is 5.89. The van der Waals surface area contributed by atoms with Crippen molar-refractivity contribution in [1.82, 2.24) is 4.98 Å². The second-order valence-electron chi connectivity index (χ2n) is 3.12. The Kier molecular flexibility index (Phi) is 1.93. The number of para-hydroxylation sites is 1. The van der Waals surface area contributed by atoms with E-state index in [0.717, 1.165) is 6.07 Å². The van der Waals surface area contributed by atoms with Crippen molar-refractivity contribution in [2.24, 2.45) is 0 Å². The minimum absolute atomic E-state index is 0.162. The maximum absolute atomic E-state index is 11.5. The quantitative estimate of drug-likeness (QED) is 0.599. The van der Waals surface area contributed by atoms with E-state index in [9.17, 15) is 9.59 Å². The van der Waals surface area contributed by atoms with Gasteiger partial charge >= 0.3 is 5.97 Å². The summed E-state index contributed by atoms with van der Waals surface area (Å²) in [5.74, 6) is -1.18. The lowest BCUT2D eigenvalue weighted by molar-refractivity contribution is 0.0691. The van der Waals surface area contributed by atoms with E-state index in [-0.39, 0.29) is 11.1 Å². The number of aromatic carboxylic acids is 1. The number of fused-ring (bicyclic) bond motifs is 1. The lowest BCUT2D eigenvalue weighted by Gasteiger charge is -2.02. The van der Waals surface area contributed by atoms with Gasteiger partial charge in [0.05, 0.1) is 11.2 Å². The molecule has 0 fully saturated rings. The number of carboxylic acid groups (broad SMARTS) is 1. The van der Waals surface area contributed by atoms with Crippen LogP contribution < -0.4 is 11.2 Å². The van der Waals surface area contributed by atoms with E-state index in [4.69, 9.17) is 10.8 Å². The summed E-state index contributed by atoms with van der Waals surface area (Å²) in [5.41, 5.74) is 5.83. The molecule has 0 bridgehead atoms. The van der Waals surface area contributed by atoms with Crippen molar-refractivity contribution in [1.29, 1.82) is 0 Å². The Morgan fingerprint density at radius 1 is 1.40 bits per heavy atom. The van der Waals surface area contributed by atoms with Crippen LogP contribution in [0.1, 0.15) is 10.5 Å². The van der Waals surface area contributed by atoms with Crippen LogP contribution in [0.15, 0.2) is 29.1 Å². The molecule has 5 heteroatoms. The highest BCUT2D eigenvalue weighted by Gasteiger charge is 2.08. The predicted molar refractivity (Wildman–Crippen MR) is 55.9 cm³/mol. The monoisotopic (exact) mass is 204 g/mol. The molecule has 4 N–H and O–H groups in total. The number of aromatic nitrogens is 1. The minimum Gasteiger partial charge on any atom is -0.477 e. The molecule has 1 heterocycles. The fourth-order valence-corrected chi connectivity index (χ4v) is 1.41. The van der Waals surface area contributed by atoms with Gasteiger partial charge in [-0.1, -0.05) is 6.07 Å². The largest absolute Gasteiger partial charge is 0.477 e. The van der Waals surface area contributed by atoms with Gasteiger partial charge in [-0.25, -0.2) is 4.79 Å². The first-order valence-corrected chi connectivity index (χ1v) is 4.24. The van der Waals surface area contributed by atoms with Crippen LogP contribution in [0.3, 0.4) is 0 Å². The first-order chi connectivity index (χ1) is 7.09. The number of nitrogens with one attached hydrogen (secondary N) is 1. The molecule has 0 aliphatic heterocycles. The molecule has 0 spiro atoms. The molecule has 0 atom stereocenters. The van der Waals surface area contributed by atoms with E-state index in [2.05, 4.69) is 4.98 Å². The van der Waals surface area contributed by atoms with Gasteiger partial charge in [-0.15, -0.1) is 0 Å². The summed E-state index contributed by atoms with van der Waals surface area (Å²) < 4.78 is 0. The van der Waals surface area contributed by atoms with E-state index < -0.39 is 5.97 Å². The van der Waals surface area contributed by atoms with Crippen LogP contribution in [-0.2, 0) is 0 Å². The van der Waals surface area contributed by atoms with E-state index in [1.165, 1.54) is 0 Å². The number of carboxylic acids is 1. The molecule has 0 saturated heterocycles. The number of hydrogen-bond donors (Lipinski definition) is 3. The summed E-state index contributed by atoms with van der Waals surface area (Å²) in [7, 11) is 0. The van der Waals surface area contributed by atoms with Gasteiger partial charge in [0, 0.05) is 11.5 Å². The Bertz CT molecular complexity index is 601. The van der Waals surface area contributed by atoms with Crippen LogP contribution in [0.4, 0.5) is 5.69 Å². The molecule has 0 radical (unpaired) electrons. The van der Waals surface area contributed by atoms with Crippen molar-refractivity contribution >= 4 is 22.6 Å². The number of nitrogen functional groups attached to an aromatic ring is 1. The SMILES string of the molecule is Nc1cccc2c(=O)cc(C(=O)O)[nH]c12. The highest BCUT2D eigenvalue weighted by Crippen LogP contribution is 2.15. The van der Waals surface area contributed by atoms with E-state index in [1.54, 1.807) is 18.2 Å². The Morgan fingerprint density at radius 2 is 2.13 bits per heavy atom. The van der Waals surface area contributed by atoms with Gasteiger partial charge in [0.25, 0.3) is 0 Å². The lowest BCUT2D eigenvalue weighted by Crippen LogP contribution is -2.10. The van der Waals surface area contributed by atoms with Crippen molar-refractivity contribution < 1.29 is 9.90 Å². The third kappa shape index (κ3) is 1.43. The molecular weight excluding hydrogens is 196 g/mol. The molecule has 0 amide bonds. The number of hydrogen-bond acceptors (Lipinski definition) is 3. The lowest BCUT2D eigenvalue weighted by atomic mass is 10.1.